The first kappa shape index (κ1) is 15.7. The van der Waals surface area contributed by atoms with Crippen LogP contribution < -0.4 is 5.73 Å². The molecule has 3 rings (SSSR count). The molecule has 0 spiro atoms. The van der Waals surface area contributed by atoms with Gasteiger partial charge in [0, 0.05) is 5.92 Å². The summed E-state index contributed by atoms with van der Waals surface area (Å²) in [6.45, 7) is 1.90. The SMILES string of the molecule is Cc1ccc([C@@H]2[C@H](S(=O)(=O)c3ccccc3)[C@@]2(N)C(=O)O)cc1. The number of sulfone groups is 1. The van der Waals surface area contributed by atoms with Gasteiger partial charge in [-0.3, -0.25) is 4.79 Å². The number of hydrogen-bond acceptors (Lipinski definition) is 4. The standard InChI is InChI=1S/C17H17NO4S/c1-11-7-9-12(10-8-11)14-15(17(14,18)16(19)20)23(21,22)13-5-3-2-4-6-13/h2-10,14-15H,18H2,1H3,(H,19,20)/t14-,15+,17-/m1/s1. The van der Waals surface area contributed by atoms with Gasteiger partial charge < -0.3 is 10.8 Å². The monoisotopic (exact) mass is 331 g/mol. The van der Waals surface area contributed by atoms with E-state index in [1.54, 1.807) is 30.3 Å². The number of carboxylic acids is 1. The number of rotatable bonds is 4. The maximum atomic E-state index is 12.8. The first-order valence-electron chi connectivity index (χ1n) is 7.17. The van der Waals surface area contributed by atoms with Crippen LogP contribution in [0.3, 0.4) is 0 Å². The summed E-state index contributed by atoms with van der Waals surface area (Å²) in [4.78, 5) is 11.7. The molecule has 1 aliphatic carbocycles. The van der Waals surface area contributed by atoms with E-state index in [0.717, 1.165) is 5.56 Å². The minimum atomic E-state index is -3.83. The van der Waals surface area contributed by atoms with Gasteiger partial charge in [0.25, 0.3) is 0 Å². The summed E-state index contributed by atoms with van der Waals surface area (Å²) in [7, 11) is -3.83. The minimum absolute atomic E-state index is 0.0932. The van der Waals surface area contributed by atoms with Crippen molar-refractivity contribution in [2.45, 2.75) is 28.5 Å². The predicted molar refractivity (Wildman–Crippen MR) is 85.9 cm³/mol. The Bertz CT molecular complexity index is 846. The van der Waals surface area contributed by atoms with Crippen LogP contribution in [0, 0.1) is 6.92 Å². The largest absolute Gasteiger partial charge is 0.480 e. The topological polar surface area (TPSA) is 97.5 Å². The number of carboxylic acid groups (broad SMARTS) is 1. The Balaban J connectivity index is 2.07. The second kappa shape index (κ2) is 5.18. The van der Waals surface area contributed by atoms with Gasteiger partial charge in [-0.2, -0.15) is 0 Å². The number of aryl methyl sites for hydroxylation is 1. The molecule has 0 saturated heterocycles. The van der Waals surface area contributed by atoms with E-state index in [9.17, 15) is 18.3 Å². The zero-order chi connectivity index (χ0) is 16.8. The van der Waals surface area contributed by atoms with Crippen LogP contribution in [0.1, 0.15) is 17.0 Å². The molecule has 2 aromatic rings. The number of hydrogen-bond donors (Lipinski definition) is 2. The fraction of sp³-hybridized carbons (Fsp3) is 0.235. The van der Waals surface area contributed by atoms with Crippen molar-refractivity contribution in [1.29, 1.82) is 0 Å². The van der Waals surface area contributed by atoms with Crippen LogP contribution in [0.25, 0.3) is 0 Å². The highest BCUT2D eigenvalue weighted by atomic mass is 32.2. The summed E-state index contributed by atoms with van der Waals surface area (Å²) in [6.07, 6.45) is 0. The van der Waals surface area contributed by atoms with E-state index < -0.39 is 32.5 Å². The smallest absolute Gasteiger partial charge is 0.325 e. The number of benzene rings is 2. The number of nitrogens with two attached hydrogens (primary N) is 1. The molecule has 6 heteroatoms. The Kier molecular flexibility index (Phi) is 3.54. The van der Waals surface area contributed by atoms with Crippen LogP contribution in [-0.4, -0.2) is 30.3 Å². The molecular weight excluding hydrogens is 314 g/mol. The van der Waals surface area contributed by atoms with Gasteiger partial charge in [0.1, 0.15) is 10.8 Å². The molecule has 0 radical (unpaired) electrons. The second-order valence-electron chi connectivity index (χ2n) is 5.91. The van der Waals surface area contributed by atoms with E-state index >= 15 is 0 Å². The number of aliphatic carboxylic acids is 1. The van der Waals surface area contributed by atoms with E-state index in [2.05, 4.69) is 0 Å². The average molecular weight is 331 g/mol. The minimum Gasteiger partial charge on any atom is -0.480 e. The van der Waals surface area contributed by atoms with Crippen molar-refractivity contribution >= 4 is 15.8 Å². The summed E-state index contributed by atoms with van der Waals surface area (Å²) >= 11 is 0. The van der Waals surface area contributed by atoms with Crippen molar-refractivity contribution in [1.82, 2.24) is 0 Å². The van der Waals surface area contributed by atoms with Crippen molar-refractivity contribution in [3.63, 3.8) is 0 Å². The van der Waals surface area contributed by atoms with Crippen molar-refractivity contribution in [3.8, 4) is 0 Å². The lowest BCUT2D eigenvalue weighted by atomic mass is 10.1. The van der Waals surface area contributed by atoms with Crippen LogP contribution in [-0.2, 0) is 14.6 Å². The summed E-state index contributed by atoms with van der Waals surface area (Å²) in [5.74, 6) is -2.06. The Hall–Kier alpha value is -2.18. The summed E-state index contributed by atoms with van der Waals surface area (Å²) < 4.78 is 25.6. The maximum Gasteiger partial charge on any atom is 0.325 e. The third kappa shape index (κ3) is 2.34. The summed E-state index contributed by atoms with van der Waals surface area (Å²) in [5, 5.41) is 8.32. The molecule has 5 nitrogen and oxygen atoms in total. The molecule has 0 unspecified atom stereocenters. The van der Waals surface area contributed by atoms with Crippen LogP contribution in [0.15, 0.2) is 59.5 Å². The second-order valence-corrected chi connectivity index (χ2v) is 7.97. The van der Waals surface area contributed by atoms with Crippen molar-refractivity contribution in [2.24, 2.45) is 5.73 Å². The molecule has 120 valence electrons. The Labute approximate surface area is 134 Å². The van der Waals surface area contributed by atoms with E-state index in [-0.39, 0.29) is 4.90 Å². The molecule has 0 heterocycles. The lowest BCUT2D eigenvalue weighted by Crippen LogP contribution is -2.39. The Morgan fingerprint density at radius 3 is 2.17 bits per heavy atom. The highest BCUT2D eigenvalue weighted by Gasteiger charge is 2.74. The quantitative estimate of drug-likeness (QED) is 0.889. The molecule has 2 aromatic carbocycles. The molecule has 1 saturated carbocycles. The zero-order valence-corrected chi connectivity index (χ0v) is 13.3. The molecule has 23 heavy (non-hydrogen) atoms. The van der Waals surface area contributed by atoms with Gasteiger partial charge in [0.15, 0.2) is 9.84 Å². The Morgan fingerprint density at radius 1 is 1.09 bits per heavy atom. The van der Waals surface area contributed by atoms with E-state index in [1.807, 2.05) is 19.1 Å². The molecule has 1 aliphatic rings. The lowest BCUT2D eigenvalue weighted by Gasteiger charge is -2.06. The van der Waals surface area contributed by atoms with Gasteiger partial charge >= 0.3 is 5.97 Å². The normalized spacial score (nSPS) is 26.7. The molecule has 3 N–H and O–H groups in total. The first-order valence-corrected chi connectivity index (χ1v) is 8.72. The van der Waals surface area contributed by atoms with Crippen LogP contribution in [0.2, 0.25) is 0 Å². The zero-order valence-electron chi connectivity index (χ0n) is 12.5. The van der Waals surface area contributed by atoms with Crippen LogP contribution >= 0.6 is 0 Å². The third-order valence-electron chi connectivity index (χ3n) is 4.39. The van der Waals surface area contributed by atoms with Crippen molar-refractivity contribution in [3.05, 3.63) is 65.7 Å². The molecule has 0 aromatic heterocycles. The average Bonchev–Trinajstić information content (AvgIpc) is 3.18. The third-order valence-corrected chi connectivity index (χ3v) is 6.65. The Morgan fingerprint density at radius 2 is 1.65 bits per heavy atom. The number of carbonyl (C=O) groups is 1. The van der Waals surface area contributed by atoms with Crippen molar-refractivity contribution in [2.75, 3.05) is 0 Å². The van der Waals surface area contributed by atoms with E-state index in [0.29, 0.717) is 5.56 Å². The molecule has 3 atom stereocenters. The van der Waals surface area contributed by atoms with Crippen molar-refractivity contribution < 1.29 is 18.3 Å². The molecular formula is C17H17NO4S. The molecule has 0 aliphatic heterocycles. The van der Waals surface area contributed by atoms with Gasteiger partial charge in [-0.1, -0.05) is 48.0 Å². The van der Waals surface area contributed by atoms with Gasteiger partial charge in [-0.05, 0) is 24.6 Å². The highest BCUT2D eigenvalue weighted by Crippen LogP contribution is 2.55. The summed E-state index contributed by atoms with van der Waals surface area (Å²) in [6, 6.07) is 15.0. The fourth-order valence-electron chi connectivity index (χ4n) is 3.05. The molecule has 1 fully saturated rings. The van der Waals surface area contributed by atoms with Gasteiger partial charge in [0.05, 0.1) is 4.90 Å². The highest BCUT2D eigenvalue weighted by molar-refractivity contribution is 7.92. The maximum absolute atomic E-state index is 12.8. The fourth-order valence-corrected chi connectivity index (χ4v) is 5.30. The molecule has 0 amide bonds. The van der Waals surface area contributed by atoms with Crippen LogP contribution in [0.4, 0.5) is 0 Å². The van der Waals surface area contributed by atoms with E-state index in [1.165, 1.54) is 12.1 Å². The predicted octanol–water partition coefficient (Wildman–Crippen LogP) is 1.72. The summed E-state index contributed by atoms with van der Waals surface area (Å²) in [5.41, 5.74) is 5.83. The first-order chi connectivity index (χ1) is 10.8. The van der Waals surface area contributed by atoms with Gasteiger partial charge in [-0.15, -0.1) is 0 Å². The lowest BCUT2D eigenvalue weighted by molar-refractivity contribution is -0.139. The van der Waals surface area contributed by atoms with Gasteiger partial charge in [-0.25, -0.2) is 8.42 Å². The van der Waals surface area contributed by atoms with E-state index in [4.69, 9.17) is 5.73 Å². The van der Waals surface area contributed by atoms with Crippen LogP contribution in [0.5, 0.6) is 0 Å². The van der Waals surface area contributed by atoms with Gasteiger partial charge in [0.2, 0.25) is 0 Å². The molecule has 0 bridgehead atoms.